The molecule has 4 rings (SSSR count). The Balaban J connectivity index is 1.90. The zero-order chi connectivity index (χ0) is 14.2. The molecule has 3 aromatic heterocycles. The quantitative estimate of drug-likeness (QED) is 0.558. The van der Waals surface area contributed by atoms with E-state index < -0.39 is 0 Å². The van der Waals surface area contributed by atoms with E-state index in [0.29, 0.717) is 16.6 Å². The zero-order valence-electron chi connectivity index (χ0n) is 10.8. The molecular formula is C15H9ClN4S. The molecule has 0 spiro atoms. The second-order valence-electron chi connectivity index (χ2n) is 4.46. The standard InChI is InChI=1S/C15H9ClN4S/c16-11-5-3-10(4-6-11)14-18-15-17-8-7-12(20(15)19-14)13-2-1-9-21-13/h1-9H. The molecule has 102 valence electrons. The Morgan fingerprint density at radius 1 is 1.05 bits per heavy atom. The third-order valence-corrected chi connectivity index (χ3v) is 4.26. The van der Waals surface area contributed by atoms with Crippen molar-refractivity contribution in [2.75, 3.05) is 0 Å². The van der Waals surface area contributed by atoms with Crippen LogP contribution in [-0.4, -0.2) is 19.6 Å². The predicted molar refractivity (Wildman–Crippen MR) is 84.5 cm³/mol. The number of thiophene rings is 1. The summed E-state index contributed by atoms with van der Waals surface area (Å²) in [6.45, 7) is 0. The Morgan fingerprint density at radius 2 is 1.90 bits per heavy atom. The lowest BCUT2D eigenvalue weighted by molar-refractivity contribution is 0.954. The number of aromatic nitrogens is 4. The summed E-state index contributed by atoms with van der Waals surface area (Å²) >= 11 is 7.58. The maximum atomic E-state index is 5.91. The highest BCUT2D eigenvalue weighted by Gasteiger charge is 2.11. The summed E-state index contributed by atoms with van der Waals surface area (Å²) in [7, 11) is 0. The predicted octanol–water partition coefficient (Wildman–Crippen LogP) is 4.17. The number of hydrogen-bond acceptors (Lipinski definition) is 4. The topological polar surface area (TPSA) is 43.1 Å². The van der Waals surface area contributed by atoms with Gasteiger partial charge >= 0.3 is 0 Å². The van der Waals surface area contributed by atoms with Crippen LogP contribution in [0.5, 0.6) is 0 Å². The average Bonchev–Trinajstić information content (AvgIpc) is 3.17. The molecule has 0 unspecified atom stereocenters. The molecule has 0 aliphatic heterocycles. The van der Waals surface area contributed by atoms with Crippen molar-refractivity contribution >= 4 is 28.7 Å². The van der Waals surface area contributed by atoms with E-state index in [9.17, 15) is 0 Å². The third kappa shape index (κ3) is 2.20. The molecule has 0 atom stereocenters. The highest BCUT2D eigenvalue weighted by atomic mass is 35.5. The summed E-state index contributed by atoms with van der Waals surface area (Å²) in [4.78, 5) is 9.90. The first kappa shape index (κ1) is 12.5. The molecule has 0 aliphatic rings. The Hall–Kier alpha value is -2.24. The van der Waals surface area contributed by atoms with Gasteiger partial charge in [0.05, 0.1) is 10.6 Å². The minimum atomic E-state index is 0.589. The van der Waals surface area contributed by atoms with Gasteiger partial charge in [0.2, 0.25) is 0 Å². The van der Waals surface area contributed by atoms with Crippen LogP contribution in [0.15, 0.2) is 54.0 Å². The van der Waals surface area contributed by atoms with Crippen LogP contribution in [0.1, 0.15) is 0 Å². The fraction of sp³-hybridized carbons (Fsp3) is 0. The maximum absolute atomic E-state index is 5.91. The van der Waals surface area contributed by atoms with Crippen molar-refractivity contribution in [3.63, 3.8) is 0 Å². The van der Waals surface area contributed by atoms with Crippen LogP contribution in [-0.2, 0) is 0 Å². The fourth-order valence-electron chi connectivity index (χ4n) is 2.13. The summed E-state index contributed by atoms with van der Waals surface area (Å²) in [6, 6.07) is 13.5. The normalized spacial score (nSPS) is 11.1. The molecule has 0 aliphatic carbocycles. The zero-order valence-corrected chi connectivity index (χ0v) is 12.3. The van der Waals surface area contributed by atoms with Crippen molar-refractivity contribution in [2.45, 2.75) is 0 Å². The summed E-state index contributed by atoms with van der Waals surface area (Å²) < 4.78 is 1.77. The Kier molecular flexibility index (Phi) is 2.94. The molecule has 0 amide bonds. The van der Waals surface area contributed by atoms with Crippen LogP contribution < -0.4 is 0 Å². The van der Waals surface area contributed by atoms with Crippen LogP contribution >= 0.6 is 22.9 Å². The molecule has 21 heavy (non-hydrogen) atoms. The second-order valence-corrected chi connectivity index (χ2v) is 5.85. The highest BCUT2D eigenvalue weighted by Crippen LogP contribution is 2.25. The van der Waals surface area contributed by atoms with Crippen LogP contribution in [0.2, 0.25) is 5.02 Å². The maximum Gasteiger partial charge on any atom is 0.253 e. The van der Waals surface area contributed by atoms with E-state index in [0.717, 1.165) is 16.1 Å². The van der Waals surface area contributed by atoms with Gasteiger partial charge in [-0.15, -0.1) is 16.4 Å². The lowest BCUT2D eigenvalue weighted by Gasteiger charge is -1.99. The van der Waals surface area contributed by atoms with Gasteiger partial charge in [0.15, 0.2) is 5.82 Å². The van der Waals surface area contributed by atoms with Crippen molar-refractivity contribution in [1.29, 1.82) is 0 Å². The number of fused-ring (bicyclic) bond motifs is 1. The van der Waals surface area contributed by atoms with E-state index in [2.05, 4.69) is 21.1 Å². The number of hydrogen-bond donors (Lipinski definition) is 0. The van der Waals surface area contributed by atoms with Crippen LogP contribution in [0.4, 0.5) is 0 Å². The van der Waals surface area contributed by atoms with Gasteiger partial charge in [-0.25, -0.2) is 4.98 Å². The van der Waals surface area contributed by atoms with Crippen molar-refractivity contribution in [3.8, 4) is 22.0 Å². The first-order chi connectivity index (χ1) is 10.3. The average molecular weight is 313 g/mol. The first-order valence-corrected chi connectivity index (χ1v) is 7.58. The summed E-state index contributed by atoms with van der Waals surface area (Å²) in [5, 5.41) is 7.31. The van der Waals surface area contributed by atoms with Crippen LogP contribution in [0.25, 0.3) is 27.7 Å². The van der Waals surface area contributed by atoms with Gasteiger partial charge in [0, 0.05) is 16.8 Å². The van der Waals surface area contributed by atoms with E-state index in [1.54, 1.807) is 22.0 Å². The van der Waals surface area contributed by atoms with Gasteiger partial charge in [0.1, 0.15) is 0 Å². The minimum Gasteiger partial charge on any atom is -0.220 e. The van der Waals surface area contributed by atoms with Crippen LogP contribution in [0, 0.1) is 0 Å². The van der Waals surface area contributed by atoms with E-state index in [4.69, 9.17) is 11.6 Å². The lowest BCUT2D eigenvalue weighted by atomic mass is 10.2. The Bertz CT molecular complexity index is 897. The van der Waals surface area contributed by atoms with E-state index >= 15 is 0 Å². The minimum absolute atomic E-state index is 0.589. The van der Waals surface area contributed by atoms with Gasteiger partial charge in [-0.3, -0.25) is 0 Å². The molecule has 0 radical (unpaired) electrons. The van der Waals surface area contributed by atoms with Gasteiger partial charge in [-0.05, 0) is 41.8 Å². The Morgan fingerprint density at radius 3 is 2.67 bits per heavy atom. The van der Waals surface area contributed by atoms with Crippen molar-refractivity contribution in [1.82, 2.24) is 19.6 Å². The summed E-state index contributed by atoms with van der Waals surface area (Å²) in [6.07, 6.45) is 1.75. The molecule has 0 N–H and O–H groups in total. The van der Waals surface area contributed by atoms with Gasteiger partial charge < -0.3 is 0 Å². The number of halogens is 1. The highest BCUT2D eigenvalue weighted by molar-refractivity contribution is 7.13. The third-order valence-electron chi connectivity index (χ3n) is 3.12. The van der Waals surface area contributed by atoms with Crippen molar-refractivity contribution in [3.05, 3.63) is 59.1 Å². The van der Waals surface area contributed by atoms with Crippen LogP contribution in [0.3, 0.4) is 0 Å². The summed E-state index contributed by atoms with van der Waals surface area (Å²) in [5.41, 5.74) is 1.91. The monoisotopic (exact) mass is 312 g/mol. The molecule has 1 aromatic carbocycles. The van der Waals surface area contributed by atoms with Gasteiger partial charge in [-0.2, -0.15) is 9.50 Å². The SMILES string of the molecule is Clc1ccc(-c2nc3nccc(-c4cccs4)n3n2)cc1. The number of nitrogens with zero attached hydrogens (tertiary/aromatic N) is 4. The molecule has 3 heterocycles. The summed E-state index contributed by atoms with van der Waals surface area (Å²) in [5.74, 6) is 1.23. The van der Waals surface area contributed by atoms with E-state index in [-0.39, 0.29) is 0 Å². The molecule has 4 nitrogen and oxygen atoms in total. The first-order valence-electron chi connectivity index (χ1n) is 6.33. The molecule has 6 heteroatoms. The molecule has 4 aromatic rings. The molecule has 0 fully saturated rings. The number of rotatable bonds is 2. The van der Waals surface area contributed by atoms with E-state index in [1.807, 2.05) is 41.8 Å². The van der Waals surface area contributed by atoms with Gasteiger partial charge in [0.25, 0.3) is 5.78 Å². The van der Waals surface area contributed by atoms with Gasteiger partial charge in [-0.1, -0.05) is 17.7 Å². The fourth-order valence-corrected chi connectivity index (χ4v) is 2.99. The number of benzene rings is 1. The molecule has 0 saturated carbocycles. The smallest absolute Gasteiger partial charge is 0.220 e. The van der Waals surface area contributed by atoms with E-state index in [1.165, 1.54) is 0 Å². The van der Waals surface area contributed by atoms with Crippen molar-refractivity contribution < 1.29 is 0 Å². The molecular weight excluding hydrogens is 304 g/mol. The largest absolute Gasteiger partial charge is 0.253 e. The lowest BCUT2D eigenvalue weighted by Crippen LogP contribution is -1.94. The second kappa shape index (κ2) is 4.95. The van der Waals surface area contributed by atoms with Crippen molar-refractivity contribution in [2.24, 2.45) is 0 Å². The Labute approximate surface area is 129 Å². The molecule has 0 bridgehead atoms. The molecule has 0 saturated heterocycles.